The van der Waals surface area contributed by atoms with Gasteiger partial charge in [-0.3, -0.25) is 4.90 Å². The third kappa shape index (κ3) is 3.19. The Balaban J connectivity index is 1.84. The molecule has 0 bridgehead atoms. The van der Waals surface area contributed by atoms with E-state index >= 15 is 0 Å². The Morgan fingerprint density at radius 1 is 1.35 bits per heavy atom. The summed E-state index contributed by atoms with van der Waals surface area (Å²) in [5.41, 5.74) is 2.57. The molecule has 1 atom stereocenters. The van der Waals surface area contributed by atoms with Crippen LogP contribution in [-0.2, 0) is 0 Å². The third-order valence-electron chi connectivity index (χ3n) is 4.00. The van der Waals surface area contributed by atoms with Crippen molar-refractivity contribution in [2.75, 3.05) is 25.0 Å². The average molecular weight is 314 g/mol. The molecule has 0 amide bonds. The van der Waals surface area contributed by atoms with Crippen molar-refractivity contribution in [3.8, 4) is 0 Å². The zero-order chi connectivity index (χ0) is 16.2. The molecule has 7 nitrogen and oxygen atoms in total. The number of nitrogens with zero attached hydrogens (tertiary/aromatic N) is 5. The van der Waals surface area contributed by atoms with Gasteiger partial charge in [-0.25, -0.2) is 0 Å². The van der Waals surface area contributed by atoms with E-state index < -0.39 is 0 Å². The molecule has 23 heavy (non-hydrogen) atoms. The highest BCUT2D eigenvalue weighted by Crippen LogP contribution is 2.23. The summed E-state index contributed by atoms with van der Waals surface area (Å²) in [5.74, 6) is 0.962. The molecule has 122 valence electrons. The molecule has 0 fully saturated rings. The van der Waals surface area contributed by atoms with Crippen LogP contribution in [0.5, 0.6) is 0 Å². The lowest BCUT2D eigenvalue weighted by Gasteiger charge is -2.28. The first kappa shape index (κ1) is 15.5. The van der Waals surface area contributed by atoms with Crippen molar-refractivity contribution in [2.24, 2.45) is 0 Å². The van der Waals surface area contributed by atoms with Gasteiger partial charge in [0.1, 0.15) is 12.1 Å². The summed E-state index contributed by atoms with van der Waals surface area (Å²) in [7, 11) is 0. The Bertz CT molecular complexity index is 747. The van der Waals surface area contributed by atoms with Crippen molar-refractivity contribution in [1.82, 2.24) is 24.7 Å². The standard InChI is InChI=1S/C16H22N6O/c1-4-21(5-2)14(15-7-6-8-23-15)10-17-13-9-12(3)20-22-11-18-19-16(13)22/h6-9,11,14,17H,4-5,10H2,1-3H3. The molecule has 0 aliphatic heterocycles. The van der Waals surface area contributed by atoms with Gasteiger partial charge in [-0.1, -0.05) is 13.8 Å². The topological polar surface area (TPSA) is 71.5 Å². The van der Waals surface area contributed by atoms with Gasteiger partial charge >= 0.3 is 0 Å². The first-order valence-electron chi connectivity index (χ1n) is 7.92. The van der Waals surface area contributed by atoms with Crippen LogP contribution in [0.4, 0.5) is 5.69 Å². The molecule has 0 aliphatic carbocycles. The maximum Gasteiger partial charge on any atom is 0.200 e. The first-order valence-corrected chi connectivity index (χ1v) is 7.92. The quantitative estimate of drug-likeness (QED) is 0.722. The van der Waals surface area contributed by atoms with Gasteiger partial charge in [0.25, 0.3) is 0 Å². The van der Waals surface area contributed by atoms with E-state index in [1.54, 1.807) is 17.1 Å². The van der Waals surface area contributed by atoms with Gasteiger partial charge in [0.2, 0.25) is 5.65 Å². The lowest BCUT2D eigenvalue weighted by Crippen LogP contribution is -2.33. The van der Waals surface area contributed by atoms with E-state index in [2.05, 4.69) is 39.4 Å². The Morgan fingerprint density at radius 2 is 2.17 bits per heavy atom. The van der Waals surface area contributed by atoms with E-state index in [1.807, 2.05) is 25.1 Å². The number of aryl methyl sites for hydroxylation is 1. The van der Waals surface area contributed by atoms with Crippen molar-refractivity contribution in [3.05, 3.63) is 42.2 Å². The summed E-state index contributed by atoms with van der Waals surface area (Å²) in [6.07, 6.45) is 3.33. The zero-order valence-electron chi connectivity index (χ0n) is 13.7. The van der Waals surface area contributed by atoms with Gasteiger partial charge in [-0.05, 0) is 38.2 Å². The molecular weight excluding hydrogens is 292 g/mol. The second kappa shape index (κ2) is 6.78. The highest BCUT2D eigenvalue weighted by atomic mass is 16.3. The van der Waals surface area contributed by atoms with Gasteiger partial charge in [-0.2, -0.15) is 9.61 Å². The number of nitrogens with one attached hydrogen (secondary N) is 1. The lowest BCUT2D eigenvalue weighted by molar-refractivity contribution is 0.202. The Hall–Kier alpha value is -2.41. The minimum absolute atomic E-state index is 0.163. The molecular formula is C16H22N6O. The first-order chi connectivity index (χ1) is 11.2. The van der Waals surface area contributed by atoms with E-state index in [9.17, 15) is 0 Å². The smallest absolute Gasteiger partial charge is 0.200 e. The Kier molecular flexibility index (Phi) is 4.57. The summed E-state index contributed by atoms with van der Waals surface area (Å²) >= 11 is 0. The number of likely N-dealkylation sites (N-methyl/N-ethyl adjacent to an activating group) is 1. The minimum atomic E-state index is 0.163. The molecule has 0 aromatic carbocycles. The Morgan fingerprint density at radius 3 is 2.87 bits per heavy atom. The molecule has 0 aliphatic rings. The second-order valence-corrected chi connectivity index (χ2v) is 5.43. The van der Waals surface area contributed by atoms with E-state index in [0.717, 1.165) is 42.4 Å². The van der Waals surface area contributed by atoms with Crippen LogP contribution in [0.2, 0.25) is 0 Å². The van der Waals surface area contributed by atoms with Gasteiger partial charge in [0.15, 0.2) is 0 Å². The maximum absolute atomic E-state index is 5.64. The zero-order valence-corrected chi connectivity index (χ0v) is 13.7. The van der Waals surface area contributed by atoms with Crippen LogP contribution in [0, 0.1) is 6.92 Å². The SMILES string of the molecule is CCN(CC)C(CNc1cc(C)nn2cnnc12)c1ccco1. The Labute approximate surface area is 135 Å². The summed E-state index contributed by atoms with van der Waals surface area (Å²) in [5, 5.41) is 15.9. The lowest BCUT2D eigenvalue weighted by atomic mass is 10.1. The van der Waals surface area contributed by atoms with Crippen molar-refractivity contribution in [1.29, 1.82) is 0 Å². The molecule has 3 aromatic heterocycles. The molecule has 3 heterocycles. The molecule has 0 saturated heterocycles. The number of rotatable bonds is 7. The fourth-order valence-corrected chi connectivity index (χ4v) is 2.84. The van der Waals surface area contributed by atoms with Crippen LogP contribution in [0.25, 0.3) is 5.65 Å². The number of furan rings is 1. The molecule has 0 saturated carbocycles. The fourth-order valence-electron chi connectivity index (χ4n) is 2.84. The van der Waals surface area contributed by atoms with E-state index in [0.29, 0.717) is 0 Å². The van der Waals surface area contributed by atoms with E-state index in [-0.39, 0.29) is 6.04 Å². The van der Waals surface area contributed by atoms with Crippen LogP contribution in [0.1, 0.15) is 31.3 Å². The van der Waals surface area contributed by atoms with Gasteiger partial charge in [0, 0.05) is 6.54 Å². The van der Waals surface area contributed by atoms with Crippen LogP contribution < -0.4 is 5.32 Å². The van der Waals surface area contributed by atoms with E-state index in [4.69, 9.17) is 4.42 Å². The van der Waals surface area contributed by atoms with Crippen molar-refractivity contribution < 1.29 is 4.42 Å². The summed E-state index contributed by atoms with van der Waals surface area (Å²) in [6.45, 7) is 8.91. The number of hydrogen-bond acceptors (Lipinski definition) is 6. The third-order valence-corrected chi connectivity index (χ3v) is 4.00. The number of aromatic nitrogens is 4. The summed E-state index contributed by atoms with van der Waals surface area (Å²) in [4.78, 5) is 2.36. The normalized spacial score (nSPS) is 12.9. The highest BCUT2D eigenvalue weighted by molar-refractivity contribution is 5.66. The monoisotopic (exact) mass is 314 g/mol. The van der Waals surface area contributed by atoms with Crippen molar-refractivity contribution >= 4 is 11.3 Å². The van der Waals surface area contributed by atoms with Gasteiger partial charge in [0.05, 0.1) is 23.7 Å². The van der Waals surface area contributed by atoms with Crippen molar-refractivity contribution in [3.63, 3.8) is 0 Å². The molecule has 0 radical (unpaired) electrons. The molecule has 0 spiro atoms. The minimum Gasteiger partial charge on any atom is -0.468 e. The van der Waals surface area contributed by atoms with Crippen LogP contribution >= 0.6 is 0 Å². The molecule has 1 N–H and O–H groups in total. The number of fused-ring (bicyclic) bond motifs is 1. The van der Waals surface area contributed by atoms with Crippen LogP contribution in [0.15, 0.2) is 35.2 Å². The summed E-state index contributed by atoms with van der Waals surface area (Å²) < 4.78 is 7.33. The molecule has 1 unspecified atom stereocenters. The fraction of sp³-hybridized carbons (Fsp3) is 0.438. The van der Waals surface area contributed by atoms with Gasteiger partial charge in [-0.15, -0.1) is 10.2 Å². The number of anilines is 1. The summed E-state index contributed by atoms with van der Waals surface area (Å²) in [6, 6.07) is 6.11. The molecule has 3 aromatic rings. The average Bonchev–Trinajstić information content (AvgIpc) is 3.22. The predicted octanol–water partition coefficient (Wildman–Crippen LogP) is 2.52. The largest absolute Gasteiger partial charge is 0.468 e. The molecule has 3 rings (SSSR count). The van der Waals surface area contributed by atoms with Crippen LogP contribution in [0.3, 0.4) is 0 Å². The van der Waals surface area contributed by atoms with Crippen molar-refractivity contribution in [2.45, 2.75) is 26.8 Å². The highest BCUT2D eigenvalue weighted by Gasteiger charge is 2.21. The second-order valence-electron chi connectivity index (χ2n) is 5.43. The van der Waals surface area contributed by atoms with Gasteiger partial charge < -0.3 is 9.73 Å². The number of hydrogen-bond donors (Lipinski definition) is 1. The van der Waals surface area contributed by atoms with Crippen LogP contribution in [-0.4, -0.2) is 44.3 Å². The van der Waals surface area contributed by atoms with E-state index in [1.165, 1.54) is 0 Å². The molecule has 7 heteroatoms. The maximum atomic E-state index is 5.64. The predicted molar refractivity (Wildman–Crippen MR) is 88.4 cm³/mol.